The summed E-state index contributed by atoms with van der Waals surface area (Å²) in [5.41, 5.74) is 2.19. The third kappa shape index (κ3) is 3.13. The number of sulfonamides is 1. The van der Waals surface area contributed by atoms with Gasteiger partial charge in [-0.3, -0.25) is 4.72 Å². The van der Waals surface area contributed by atoms with Crippen LogP contribution in [0.25, 0.3) is 11.5 Å². The van der Waals surface area contributed by atoms with E-state index in [0.717, 1.165) is 6.07 Å². The number of hydrogen-bond donors (Lipinski definition) is 1. The molecule has 1 heterocycles. The summed E-state index contributed by atoms with van der Waals surface area (Å²) in [7, 11) is -4.07. The zero-order chi connectivity index (χ0) is 17.3. The second-order valence-electron chi connectivity index (χ2n) is 5.31. The van der Waals surface area contributed by atoms with E-state index in [9.17, 15) is 12.8 Å². The predicted molar refractivity (Wildman–Crippen MR) is 86.4 cm³/mol. The van der Waals surface area contributed by atoms with Crippen molar-refractivity contribution in [2.24, 2.45) is 0 Å². The zero-order valence-electron chi connectivity index (χ0n) is 12.9. The van der Waals surface area contributed by atoms with Crippen LogP contribution in [0.5, 0.6) is 0 Å². The van der Waals surface area contributed by atoms with E-state index in [4.69, 9.17) is 4.42 Å². The van der Waals surface area contributed by atoms with E-state index >= 15 is 0 Å². The molecule has 3 rings (SSSR count). The van der Waals surface area contributed by atoms with Gasteiger partial charge in [0, 0.05) is 5.56 Å². The van der Waals surface area contributed by atoms with E-state index in [2.05, 4.69) is 14.9 Å². The largest absolute Gasteiger partial charge is 0.423 e. The minimum Gasteiger partial charge on any atom is -0.423 e. The highest BCUT2D eigenvalue weighted by atomic mass is 32.2. The Kier molecular flexibility index (Phi) is 4.06. The first kappa shape index (κ1) is 16.1. The third-order valence-corrected chi connectivity index (χ3v) is 4.85. The lowest BCUT2D eigenvalue weighted by Crippen LogP contribution is -2.15. The van der Waals surface area contributed by atoms with E-state index in [1.54, 1.807) is 32.0 Å². The van der Waals surface area contributed by atoms with Gasteiger partial charge in [0.15, 0.2) is 0 Å². The maximum atomic E-state index is 13.9. The lowest BCUT2D eigenvalue weighted by Gasteiger charge is -2.12. The summed E-state index contributed by atoms with van der Waals surface area (Å²) in [5.74, 6) is -0.545. The molecule has 1 aromatic heterocycles. The van der Waals surface area contributed by atoms with Crippen molar-refractivity contribution in [3.05, 3.63) is 59.7 Å². The number of nitrogens with one attached hydrogen (secondary N) is 1. The van der Waals surface area contributed by atoms with Gasteiger partial charge in [0.2, 0.25) is 12.3 Å². The van der Waals surface area contributed by atoms with Crippen LogP contribution in [0, 0.1) is 19.7 Å². The van der Waals surface area contributed by atoms with Crippen molar-refractivity contribution in [1.29, 1.82) is 0 Å². The Morgan fingerprint density at radius 2 is 1.92 bits per heavy atom. The molecular formula is C16H14FN3O3S. The second kappa shape index (κ2) is 6.04. The molecule has 0 aliphatic carbocycles. The van der Waals surface area contributed by atoms with Crippen LogP contribution in [-0.4, -0.2) is 18.6 Å². The molecule has 24 heavy (non-hydrogen) atoms. The van der Waals surface area contributed by atoms with Crippen LogP contribution in [-0.2, 0) is 10.0 Å². The molecule has 0 bridgehead atoms. The molecule has 1 N–H and O–H groups in total. The van der Waals surface area contributed by atoms with Gasteiger partial charge < -0.3 is 4.42 Å². The highest BCUT2D eigenvalue weighted by Crippen LogP contribution is 2.27. The molecule has 0 saturated heterocycles. The number of nitrogens with zero attached hydrogens (tertiary/aromatic N) is 2. The number of benzene rings is 2. The second-order valence-corrected chi connectivity index (χ2v) is 6.96. The van der Waals surface area contributed by atoms with Gasteiger partial charge in [-0.25, -0.2) is 12.8 Å². The lowest BCUT2D eigenvalue weighted by molar-refractivity contribution is 0.568. The van der Waals surface area contributed by atoms with Crippen LogP contribution in [0.2, 0.25) is 0 Å². The minimum atomic E-state index is -4.07. The molecule has 2 aromatic carbocycles. The van der Waals surface area contributed by atoms with Gasteiger partial charge in [-0.2, -0.15) is 0 Å². The quantitative estimate of drug-likeness (QED) is 0.783. The molecule has 0 spiro atoms. The molecule has 0 unspecified atom stereocenters. The highest BCUT2D eigenvalue weighted by molar-refractivity contribution is 7.92. The summed E-state index contributed by atoms with van der Waals surface area (Å²) in [4.78, 5) is -0.398. The molecule has 0 radical (unpaired) electrons. The Morgan fingerprint density at radius 3 is 2.62 bits per heavy atom. The van der Waals surface area contributed by atoms with Crippen LogP contribution >= 0.6 is 0 Å². The van der Waals surface area contributed by atoms with Crippen molar-refractivity contribution >= 4 is 15.7 Å². The lowest BCUT2D eigenvalue weighted by atomic mass is 10.1. The predicted octanol–water partition coefficient (Wildman–Crippen LogP) is 3.29. The number of hydrogen-bond acceptors (Lipinski definition) is 5. The highest BCUT2D eigenvalue weighted by Gasteiger charge is 2.20. The van der Waals surface area contributed by atoms with Crippen LogP contribution in [0.4, 0.5) is 10.1 Å². The van der Waals surface area contributed by atoms with E-state index in [-0.39, 0.29) is 5.89 Å². The van der Waals surface area contributed by atoms with Gasteiger partial charge in [0.1, 0.15) is 10.7 Å². The van der Waals surface area contributed by atoms with Crippen molar-refractivity contribution in [1.82, 2.24) is 10.2 Å². The summed E-state index contributed by atoms with van der Waals surface area (Å²) < 4.78 is 46.5. The number of aryl methyl sites for hydroxylation is 2. The van der Waals surface area contributed by atoms with Crippen LogP contribution < -0.4 is 4.72 Å². The van der Waals surface area contributed by atoms with Gasteiger partial charge in [0.05, 0.1) is 5.69 Å². The molecule has 124 valence electrons. The molecule has 0 saturated carbocycles. The number of halogens is 1. The van der Waals surface area contributed by atoms with E-state index in [1.807, 2.05) is 0 Å². The molecule has 0 aliphatic rings. The Balaban J connectivity index is 2.01. The first-order valence-corrected chi connectivity index (χ1v) is 8.51. The van der Waals surface area contributed by atoms with E-state index < -0.39 is 20.7 Å². The van der Waals surface area contributed by atoms with Crippen LogP contribution in [0.1, 0.15) is 11.1 Å². The SMILES string of the molecule is Cc1ccc(F)c(S(=O)(=O)Nc2cc(-c3nnco3)ccc2C)c1. The zero-order valence-corrected chi connectivity index (χ0v) is 13.8. The maximum absolute atomic E-state index is 13.9. The normalized spacial score (nSPS) is 11.5. The Labute approximate surface area is 138 Å². The average molecular weight is 347 g/mol. The fourth-order valence-corrected chi connectivity index (χ4v) is 3.47. The van der Waals surface area contributed by atoms with Gasteiger partial charge in [-0.05, 0) is 49.2 Å². The smallest absolute Gasteiger partial charge is 0.264 e. The van der Waals surface area contributed by atoms with Gasteiger partial charge >= 0.3 is 0 Å². The summed E-state index contributed by atoms with van der Waals surface area (Å²) in [6.07, 6.45) is 1.18. The molecule has 8 heteroatoms. The first-order chi connectivity index (χ1) is 11.4. The van der Waals surface area contributed by atoms with Crippen molar-refractivity contribution in [3.8, 4) is 11.5 Å². The first-order valence-electron chi connectivity index (χ1n) is 7.03. The minimum absolute atomic E-state index is 0.261. The standard InChI is InChI=1S/C16H14FN3O3S/c1-10-3-6-13(17)15(7-10)24(21,22)20-14-8-12(5-4-11(14)2)16-19-18-9-23-16/h3-9,20H,1-2H3. The molecule has 0 atom stereocenters. The van der Waals surface area contributed by atoms with E-state index in [1.165, 1.54) is 18.5 Å². The number of anilines is 1. The Hall–Kier alpha value is -2.74. The molecule has 0 aliphatic heterocycles. The number of rotatable bonds is 4. The maximum Gasteiger partial charge on any atom is 0.264 e. The summed E-state index contributed by atoms with van der Waals surface area (Å²) >= 11 is 0. The van der Waals surface area contributed by atoms with Crippen molar-refractivity contribution in [3.63, 3.8) is 0 Å². The van der Waals surface area contributed by atoms with Crippen molar-refractivity contribution in [2.45, 2.75) is 18.7 Å². The molecule has 3 aromatic rings. The Morgan fingerprint density at radius 1 is 1.12 bits per heavy atom. The topological polar surface area (TPSA) is 85.1 Å². The fraction of sp³-hybridized carbons (Fsp3) is 0.125. The molecule has 0 fully saturated rings. The summed E-state index contributed by atoms with van der Waals surface area (Å²) in [6.45, 7) is 3.43. The summed E-state index contributed by atoms with van der Waals surface area (Å²) in [5, 5.41) is 7.37. The van der Waals surface area contributed by atoms with Crippen molar-refractivity contribution < 1.29 is 17.2 Å². The van der Waals surface area contributed by atoms with Gasteiger partial charge in [-0.1, -0.05) is 12.1 Å². The van der Waals surface area contributed by atoms with Crippen LogP contribution in [0.3, 0.4) is 0 Å². The summed E-state index contributed by atoms with van der Waals surface area (Å²) in [6, 6.07) is 8.93. The third-order valence-electron chi connectivity index (χ3n) is 3.47. The monoisotopic (exact) mass is 347 g/mol. The van der Waals surface area contributed by atoms with Gasteiger partial charge in [0.25, 0.3) is 10.0 Å². The van der Waals surface area contributed by atoms with Crippen LogP contribution in [0.15, 0.2) is 52.1 Å². The molecular weight excluding hydrogens is 333 g/mol. The molecule has 0 amide bonds. The number of aromatic nitrogens is 2. The fourth-order valence-electron chi connectivity index (χ4n) is 2.18. The molecule has 6 nitrogen and oxygen atoms in total. The average Bonchev–Trinajstić information content (AvgIpc) is 3.06. The van der Waals surface area contributed by atoms with Gasteiger partial charge in [-0.15, -0.1) is 10.2 Å². The van der Waals surface area contributed by atoms with E-state index in [0.29, 0.717) is 22.4 Å². The van der Waals surface area contributed by atoms with Crippen molar-refractivity contribution in [2.75, 3.05) is 4.72 Å². The Bertz CT molecular complexity index is 986.